The predicted octanol–water partition coefficient (Wildman–Crippen LogP) is 2.54. The highest BCUT2D eigenvalue weighted by molar-refractivity contribution is 5.75. The van der Waals surface area contributed by atoms with Gasteiger partial charge >= 0.3 is 18.1 Å². The van der Waals surface area contributed by atoms with Crippen LogP contribution < -0.4 is 0 Å². The highest BCUT2D eigenvalue weighted by atomic mass is 19.4. The van der Waals surface area contributed by atoms with E-state index < -0.39 is 35.3 Å². The molecular formula is C8H9F5O2. The molecule has 0 amide bonds. The average molecular weight is 232 g/mol. The normalized spacial score (nSPS) is 30.1. The Bertz CT molecular complexity index is 294. The first-order valence-electron chi connectivity index (χ1n) is 4.11. The third-order valence-electron chi connectivity index (χ3n) is 2.86. The third-order valence-corrected chi connectivity index (χ3v) is 2.86. The quantitative estimate of drug-likeness (QED) is 0.743. The molecule has 1 N–H and O–H groups in total. The van der Waals surface area contributed by atoms with Gasteiger partial charge < -0.3 is 5.11 Å². The Morgan fingerprint density at radius 2 is 1.60 bits per heavy atom. The molecule has 1 aliphatic rings. The number of aliphatic carboxylic acids is 1. The van der Waals surface area contributed by atoms with E-state index in [9.17, 15) is 26.7 Å². The van der Waals surface area contributed by atoms with Crippen LogP contribution in [0.5, 0.6) is 0 Å². The summed E-state index contributed by atoms with van der Waals surface area (Å²) in [5, 5.41) is 8.49. The van der Waals surface area contributed by atoms with Crippen LogP contribution >= 0.6 is 0 Å². The molecule has 15 heavy (non-hydrogen) atoms. The summed E-state index contributed by atoms with van der Waals surface area (Å²) in [4.78, 5) is 10.5. The van der Waals surface area contributed by atoms with Crippen molar-refractivity contribution in [3.8, 4) is 0 Å². The Balaban J connectivity index is 2.98. The number of carbonyl (C=O) groups is 1. The highest BCUT2D eigenvalue weighted by Crippen LogP contribution is 2.67. The Labute approximate surface area is 82.1 Å². The summed E-state index contributed by atoms with van der Waals surface area (Å²) in [6.07, 6.45) is -5.70. The first-order chi connectivity index (χ1) is 6.44. The second kappa shape index (κ2) is 2.82. The van der Waals surface area contributed by atoms with E-state index in [2.05, 4.69) is 0 Å². The summed E-state index contributed by atoms with van der Waals surface area (Å²) in [5.74, 6) is -10.4. The number of rotatable bonds is 2. The van der Waals surface area contributed by atoms with Crippen LogP contribution in [0.2, 0.25) is 0 Å². The van der Waals surface area contributed by atoms with Gasteiger partial charge in [0.2, 0.25) is 0 Å². The minimum atomic E-state index is -5.70. The summed E-state index contributed by atoms with van der Waals surface area (Å²) < 4.78 is 61.6. The summed E-state index contributed by atoms with van der Waals surface area (Å²) in [5.41, 5.74) is -1.52. The predicted molar refractivity (Wildman–Crippen MR) is 39.4 cm³/mol. The van der Waals surface area contributed by atoms with Gasteiger partial charge in [-0.15, -0.1) is 0 Å². The van der Waals surface area contributed by atoms with Crippen molar-refractivity contribution < 1.29 is 31.9 Å². The molecule has 0 aromatic heterocycles. The van der Waals surface area contributed by atoms with Crippen molar-refractivity contribution >= 4 is 5.97 Å². The highest BCUT2D eigenvalue weighted by Gasteiger charge is 2.79. The summed E-state index contributed by atoms with van der Waals surface area (Å²) in [7, 11) is 0. The van der Waals surface area contributed by atoms with Crippen molar-refractivity contribution in [3.63, 3.8) is 0 Å². The van der Waals surface area contributed by atoms with Gasteiger partial charge in [-0.05, 0) is 5.41 Å². The standard InChI is InChI=1S/C8H9F5O2/c1-6(2)3(5(14)15)4(6)7(9,10)8(11,12)13/h3-4H,1-2H3,(H,14,15)/t3-,4+/m0/s1. The van der Waals surface area contributed by atoms with Crippen molar-refractivity contribution in [1.29, 1.82) is 0 Å². The van der Waals surface area contributed by atoms with Crippen LogP contribution in [0.25, 0.3) is 0 Å². The van der Waals surface area contributed by atoms with Crippen LogP contribution in [0.15, 0.2) is 0 Å². The first kappa shape index (κ1) is 12.2. The lowest BCUT2D eigenvalue weighted by Gasteiger charge is -2.20. The van der Waals surface area contributed by atoms with Gasteiger partial charge in [-0.1, -0.05) is 13.8 Å². The zero-order chi connectivity index (χ0) is 12.2. The van der Waals surface area contributed by atoms with Crippen molar-refractivity contribution in [2.75, 3.05) is 0 Å². The minimum Gasteiger partial charge on any atom is -0.481 e. The molecule has 0 aromatic rings. The fraction of sp³-hybridized carbons (Fsp3) is 0.875. The largest absolute Gasteiger partial charge is 0.481 e. The SMILES string of the molecule is CC1(C)[C@H](C(=O)O)[C@H]1C(F)(F)C(F)(F)F. The third kappa shape index (κ3) is 1.57. The summed E-state index contributed by atoms with van der Waals surface area (Å²) in [6, 6.07) is 0. The number of hydrogen-bond acceptors (Lipinski definition) is 1. The second-order valence-corrected chi connectivity index (χ2v) is 4.24. The molecule has 0 unspecified atom stereocenters. The molecule has 0 radical (unpaired) electrons. The molecule has 1 rings (SSSR count). The van der Waals surface area contributed by atoms with E-state index in [1.54, 1.807) is 0 Å². The lowest BCUT2D eigenvalue weighted by Crippen LogP contribution is -2.40. The van der Waals surface area contributed by atoms with Crippen LogP contribution in [0.3, 0.4) is 0 Å². The zero-order valence-corrected chi connectivity index (χ0v) is 7.90. The topological polar surface area (TPSA) is 37.3 Å². The molecule has 0 bridgehead atoms. The maximum absolute atomic E-state index is 12.8. The fourth-order valence-electron chi connectivity index (χ4n) is 1.95. The lowest BCUT2D eigenvalue weighted by molar-refractivity contribution is -0.294. The van der Waals surface area contributed by atoms with Gasteiger partial charge in [0.1, 0.15) is 0 Å². The number of halogens is 5. The van der Waals surface area contributed by atoms with Gasteiger partial charge in [0.25, 0.3) is 0 Å². The molecule has 7 heteroatoms. The Morgan fingerprint density at radius 1 is 1.20 bits per heavy atom. The molecule has 1 fully saturated rings. The van der Waals surface area contributed by atoms with E-state index in [1.165, 1.54) is 0 Å². The van der Waals surface area contributed by atoms with Gasteiger partial charge in [-0.2, -0.15) is 22.0 Å². The van der Waals surface area contributed by atoms with E-state index >= 15 is 0 Å². The molecule has 88 valence electrons. The molecular weight excluding hydrogens is 223 g/mol. The number of carboxylic acid groups (broad SMARTS) is 1. The smallest absolute Gasteiger partial charge is 0.453 e. The van der Waals surface area contributed by atoms with Crippen LogP contribution in [-0.2, 0) is 4.79 Å². The summed E-state index contributed by atoms with van der Waals surface area (Å²) in [6.45, 7) is 2.19. The van der Waals surface area contributed by atoms with E-state index in [0.29, 0.717) is 0 Å². The van der Waals surface area contributed by atoms with Gasteiger partial charge in [-0.25, -0.2) is 0 Å². The van der Waals surface area contributed by atoms with Gasteiger partial charge in [-0.3, -0.25) is 4.79 Å². The molecule has 0 heterocycles. The number of hydrogen-bond donors (Lipinski definition) is 1. The Kier molecular flexibility index (Phi) is 2.30. The zero-order valence-electron chi connectivity index (χ0n) is 7.90. The van der Waals surface area contributed by atoms with Crippen LogP contribution in [0.4, 0.5) is 22.0 Å². The first-order valence-corrected chi connectivity index (χ1v) is 4.11. The Morgan fingerprint density at radius 3 is 1.80 bits per heavy atom. The molecule has 0 saturated heterocycles. The molecule has 0 aliphatic heterocycles. The molecule has 0 spiro atoms. The van der Waals surface area contributed by atoms with Crippen LogP contribution in [0, 0.1) is 17.3 Å². The van der Waals surface area contributed by atoms with E-state index in [-0.39, 0.29) is 0 Å². The van der Waals surface area contributed by atoms with Gasteiger partial charge in [0.05, 0.1) is 11.8 Å². The maximum Gasteiger partial charge on any atom is 0.453 e. The van der Waals surface area contributed by atoms with Crippen molar-refractivity contribution in [1.82, 2.24) is 0 Å². The van der Waals surface area contributed by atoms with E-state index in [4.69, 9.17) is 5.11 Å². The second-order valence-electron chi connectivity index (χ2n) is 4.24. The maximum atomic E-state index is 12.8. The van der Waals surface area contributed by atoms with Crippen LogP contribution in [0.1, 0.15) is 13.8 Å². The molecule has 1 saturated carbocycles. The van der Waals surface area contributed by atoms with Gasteiger partial charge in [0, 0.05) is 0 Å². The van der Waals surface area contributed by atoms with Crippen molar-refractivity contribution in [2.45, 2.75) is 25.9 Å². The lowest BCUT2D eigenvalue weighted by atomic mass is 10.1. The average Bonchev–Trinajstić information content (AvgIpc) is 2.51. The minimum absolute atomic E-state index is 1.09. The Hall–Kier alpha value is -0.880. The fourth-order valence-corrected chi connectivity index (χ4v) is 1.95. The molecule has 2 nitrogen and oxygen atoms in total. The van der Waals surface area contributed by atoms with Crippen molar-refractivity contribution in [3.05, 3.63) is 0 Å². The molecule has 1 aliphatic carbocycles. The molecule has 0 aromatic carbocycles. The van der Waals surface area contributed by atoms with Crippen molar-refractivity contribution in [2.24, 2.45) is 17.3 Å². The van der Waals surface area contributed by atoms with Gasteiger partial charge in [0.15, 0.2) is 0 Å². The number of carboxylic acids is 1. The summed E-state index contributed by atoms with van der Waals surface area (Å²) >= 11 is 0. The monoisotopic (exact) mass is 232 g/mol. The van der Waals surface area contributed by atoms with E-state index in [0.717, 1.165) is 13.8 Å². The molecule has 2 atom stereocenters. The number of alkyl halides is 5. The van der Waals surface area contributed by atoms with Crippen LogP contribution in [-0.4, -0.2) is 23.2 Å². The van der Waals surface area contributed by atoms with E-state index in [1.807, 2.05) is 0 Å².